The first-order chi connectivity index (χ1) is 20.4. The van der Waals surface area contributed by atoms with Crippen molar-refractivity contribution in [1.82, 2.24) is 10.6 Å². The molecule has 5 rings (SSSR count). The number of hydrogen-bond donors (Lipinski definition) is 3. The lowest BCUT2D eigenvalue weighted by atomic mass is 9.91. The molecule has 2 saturated carbocycles. The molecule has 2 atom stereocenters. The van der Waals surface area contributed by atoms with Crippen molar-refractivity contribution in [3.63, 3.8) is 0 Å². The van der Waals surface area contributed by atoms with Gasteiger partial charge in [-0.3, -0.25) is 4.99 Å². The number of aliphatic carboxylic acids is 1. The minimum atomic E-state index is -1.15. The molecule has 4 aliphatic rings. The van der Waals surface area contributed by atoms with Crippen molar-refractivity contribution in [3.8, 4) is 11.5 Å². The van der Waals surface area contributed by atoms with Gasteiger partial charge in [0.15, 0.2) is 0 Å². The highest BCUT2D eigenvalue weighted by atomic mass is 16.5. The van der Waals surface area contributed by atoms with Crippen LogP contribution in [0.1, 0.15) is 76.2 Å². The number of carboxylic acids is 1. The first-order valence-corrected chi connectivity index (χ1v) is 15.2. The number of aliphatic imine (C=N–C) groups is 1. The molecule has 9 nitrogen and oxygen atoms in total. The average Bonchev–Trinajstić information content (AvgIpc) is 3.43. The molecule has 1 aromatic carbocycles. The largest absolute Gasteiger partial charge is 0.497 e. The lowest BCUT2D eigenvalue weighted by Gasteiger charge is -2.30. The Bertz CT molecular complexity index is 1140. The molecule has 1 unspecified atom stereocenters. The summed E-state index contributed by atoms with van der Waals surface area (Å²) in [5.74, 6) is -0.0278. The molecule has 0 aromatic heterocycles. The minimum Gasteiger partial charge on any atom is -0.497 e. The Kier molecular flexibility index (Phi) is 12.1. The fourth-order valence-electron chi connectivity index (χ4n) is 5.95. The van der Waals surface area contributed by atoms with Crippen LogP contribution < -0.4 is 20.1 Å². The van der Waals surface area contributed by atoms with E-state index in [9.17, 15) is 14.7 Å². The monoisotopic (exact) mass is 579 g/mol. The number of alkyl carbamates (subject to hydrolysis) is 1. The molecule has 3 aliphatic carbocycles. The molecule has 9 heteroatoms. The number of allylic oxidation sites excluding steroid dienone is 2. The van der Waals surface area contributed by atoms with Crippen LogP contribution in [0.2, 0.25) is 0 Å². The van der Waals surface area contributed by atoms with Crippen molar-refractivity contribution in [2.24, 2.45) is 4.99 Å². The molecule has 1 aromatic rings. The number of carbonyl (C=O) groups excluding carboxylic acids is 1. The number of ether oxygens (including phenoxy) is 3. The van der Waals surface area contributed by atoms with Crippen molar-refractivity contribution >= 4 is 18.3 Å². The molecule has 1 amide bonds. The van der Waals surface area contributed by atoms with Crippen LogP contribution in [0.4, 0.5) is 4.79 Å². The molecule has 2 fully saturated rings. The van der Waals surface area contributed by atoms with Crippen molar-refractivity contribution in [1.29, 1.82) is 0 Å². The highest BCUT2D eigenvalue weighted by molar-refractivity contribution is 5.88. The molecule has 228 valence electrons. The number of fused-ring (bicyclic) bond motifs is 1. The molecule has 1 aliphatic heterocycles. The number of nitrogens with zero attached hydrogens (tertiary/aromatic N) is 1. The first kappa shape index (κ1) is 31.3. The van der Waals surface area contributed by atoms with Crippen LogP contribution in [0.5, 0.6) is 11.5 Å². The van der Waals surface area contributed by atoms with Crippen molar-refractivity contribution in [2.45, 2.75) is 101 Å². The molecular formula is C33H45N3O6. The summed E-state index contributed by atoms with van der Waals surface area (Å²) in [6.07, 6.45) is 23.1. The van der Waals surface area contributed by atoms with Gasteiger partial charge in [0, 0.05) is 30.8 Å². The Balaban J connectivity index is 0.000000258. The normalized spacial score (nSPS) is 20.8. The predicted octanol–water partition coefficient (Wildman–Crippen LogP) is 5.89. The summed E-state index contributed by atoms with van der Waals surface area (Å²) in [5.41, 5.74) is 2.37. The Labute approximate surface area is 249 Å². The number of carbonyl (C=O) groups is 2. The van der Waals surface area contributed by atoms with Crippen molar-refractivity contribution in [3.05, 3.63) is 59.2 Å². The van der Waals surface area contributed by atoms with Gasteiger partial charge in [-0.05, 0) is 54.5 Å². The highest BCUT2D eigenvalue weighted by Crippen LogP contribution is 2.27. The van der Waals surface area contributed by atoms with Crippen LogP contribution in [0.25, 0.3) is 0 Å². The fraction of sp³-hybridized carbons (Fsp3) is 0.545. The van der Waals surface area contributed by atoms with E-state index in [4.69, 9.17) is 14.2 Å². The standard InChI is InChI=1S/C21H22N2O6.C12H23N/c1-27-15-7-13(8-16(10-15)28-2)12-29-21(26)23-19(20(24)25)9-14-11-22-18-6-4-3-5-17(14)18;1-3-7-11(8-4-1)13-12-9-5-2-6-10-12/h3-8,10-11,18-19H,9,12H2,1-2H3,(H,23,26)(H,24,25);11-13H,1-10H2/t18?,19-;/m0./s1. The number of carboxylic acid groups (broad SMARTS) is 1. The second-order valence-corrected chi connectivity index (χ2v) is 11.3. The zero-order valence-electron chi connectivity index (χ0n) is 24.8. The highest BCUT2D eigenvalue weighted by Gasteiger charge is 2.27. The number of amides is 1. The first-order valence-electron chi connectivity index (χ1n) is 15.2. The van der Waals surface area contributed by atoms with E-state index in [0.29, 0.717) is 17.1 Å². The third-order valence-corrected chi connectivity index (χ3v) is 8.24. The summed E-state index contributed by atoms with van der Waals surface area (Å²) >= 11 is 0. The van der Waals surface area contributed by atoms with Gasteiger partial charge in [-0.1, -0.05) is 62.8 Å². The molecule has 0 bridgehead atoms. The summed E-state index contributed by atoms with van der Waals surface area (Å²) in [6.45, 7) is -0.0588. The number of benzene rings is 1. The quantitative estimate of drug-likeness (QED) is 0.316. The Morgan fingerprint density at radius 1 is 0.929 bits per heavy atom. The lowest BCUT2D eigenvalue weighted by Crippen LogP contribution is -2.41. The maximum Gasteiger partial charge on any atom is 0.408 e. The molecule has 0 saturated heterocycles. The smallest absolute Gasteiger partial charge is 0.408 e. The zero-order chi connectivity index (χ0) is 29.7. The van der Waals surface area contributed by atoms with E-state index < -0.39 is 18.1 Å². The van der Waals surface area contributed by atoms with Gasteiger partial charge in [-0.25, -0.2) is 9.59 Å². The van der Waals surface area contributed by atoms with Gasteiger partial charge in [0.25, 0.3) is 0 Å². The summed E-state index contributed by atoms with van der Waals surface area (Å²) in [4.78, 5) is 28.1. The van der Waals surface area contributed by atoms with Gasteiger partial charge in [0.2, 0.25) is 0 Å². The van der Waals surface area contributed by atoms with Crippen LogP contribution in [0, 0.1) is 0 Å². The Morgan fingerprint density at radius 2 is 1.55 bits per heavy atom. The average molecular weight is 580 g/mol. The molecule has 0 spiro atoms. The summed E-state index contributed by atoms with van der Waals surface area (Å²) in [5, 5.41) is 15.8. The van der Waals surface area contributed by atoms with Crippen LogP contribution in [0.3, 0.4) is 0 Å². The molecule has 3 N–H and O–H groups in total. The van der Waals surface area contributed by atoms with Gasteiger partial charge >= 0.3 is 12.1 Å². The summed E-state index contributed by atoms with van der Waals surface area (Å²) in [6, 6.07) is 5.64. The third kappa shape index (κ3) is 9.48. The number of rotatable bonds is 10. The van der Waals surface area contributed by atoms with Gasteiger partial charge in [0.1, 0.15) is 24.1 Å². The van der Waals surface area contributed by atoms with E-state index in [1.807, 2.05) is 24.3 Å². The topological polar surface area (TPSA) is 118 Å². The lowest BCUT2D eigenvalue weighted by molar-refractivity contribution is -0.139. The summed E-state index contributed by atoms with van der Waals surface area (Å²) in [7, 11) is 3.04. The molecular weight excluding hydrogens is 534 g/mol. The van der Waals surface area contributed by atoms with Gasteiger partial charge in [0.05, 0.1) is 20.3 Å². The van der Waals surface area contributed by atoms with Gasteiger partial charge < -0.3 is 30.0 Å². The Hall–Kier alpha value is -3.59. The molecule has 1 heterocycles. The van der Waals surface area contributed by atoms with Crippen molar-refractivity contribution < 1.29 is 28.9 Å². The molecule has 42 heavy (non-hydrogen) atoms. The maximum atomic E-state index is 12.2. The summed E-state index contributed by atoms with van der Waals surface area (Å²) < 4.78 is 15.5. The SMILES string of the molecule is C1CCC(NC2CCCCC2)CC1.COc1cc(COC(=O)N[C@@H](CC2=C3C=CC=CC3N=C2)C(=O)O)cc(OC)c1. The van der Waals surface area contributed by atoms with Crippen LogP contribution >= 0.6 is 0 Å². The third-order valence-electron chi connectivity index (χ3n) is 8.24. The number of methoxy groups -OCH3 is 2. The van der Waals surface area contributed by atoms with Crippen LogP contribution in [0.15, 0.2) is 58.6 Å². The predicted molar refractivity (Wildman–Crippen MR) is 163 cm³/mol. The van der Waals surface area contributed by atoms with E-state index in [-0.39, 0.29) is 19.1 Å². The van der Waals surface area contributed by atoms with Crippen LogP contribution in [-0.2, 0) is 16.1 Å². The van der Waals surface area contributed by atoms with Crippen LogP contribution in [-0.4, -0.2) is 61.8 Å². The molecule has 0 radical (unpaired) electrons. The number of hydrogen-bond acceptors (Lipinski definition) is 7. The second-order valence-electron chi connectivity index (χ2n) is 11.3. The van der Waals surface area contributed by atoms with E-state index >= 15 is 0 Å². The minimum absolute atomic E-state index is 0.0588. The van der Waals surface area contributed by atoms with E-state index in [2.05, 4.69) is 15.6 Å². The van der Waals surface area contributed by atoms with E-state index in [0.717, 1.165) is 23.2 Å². The Morgan fingerprint density at radius 3 is 2.12 bits per heavy atom. The second kappa shape index (κ2) is 16.2. The van der Waals surface area contributed by atoms with E-state index in [1.165, 1.54) is 78.4 Å². The van der Waals surface area contributed by atoms with Gasteiger partial charge in [-0.15, -0.1) is 0 Å². The zero-order valence-corrected chi connectivity index (χ0v) is 24.8. The maximum absolute atomic E-state index is 12.2. The fourth-order valence-corrected chi connectivity index (χ4v) is 5.95. The van der Waals surface area contributed by atoms with Gasteiger partial charge in [-0.2, -0.15) is 0 Å². The van der Waals surface area contributed by atoms with Crippen molar-refractivity contribution in [2.75, 3.05) is 14.2 Å². The number of nitrogens with one attached hydrogen (secondary N) is 2. The van der Waals surface area contributed by atoms with E-state index in [1.54, 1.807) is 24.4 Å².